The number of hydrogen-bond acceptors (Lipinski definition) is 3. The van der Waals surface area contributed by atoms with Crippen molar-refractivity contribution in [2.45, 2.75) is 69.6 Å². The quantitative estimate of drug-likeness (QED) is 0.509. The summed E-state index contributed by atoms with van der Waals surface area (Å²) in [5, 5.41) is 0. The Bertz CT molecular complexity index is 753. The van der Waals surface area contributed by atoms with Gasteiger partial charge < -0.3 is 9.64 Å². The van der Waals surface area contributed by atoms with Gasteiger partial charge in [0, 0.05) is 34.6 Å². The van der Waals surface area contributed by atoms with Gasteiger partial charge in [-0.15, -0.1) is 0 Å². The molecule has 0 saturated carbocycles. The van der Waals surface area contributed by atoms with Crippen LogP contribution in [0, 0.1) is 13.8 Å². The second kappa shape index (κ2) is 9.05. The first-order chi connectivity index (χ1) is 12.7. The molecule has 3 heteroatoms. The summed E-state index contributed by atoms with van der Waals surface area (Å²) in [6, 6.07) is 11.2. The number of nitrogens with zero attached hydrogens (tertiary/aromatic N) is 1. The number of aryl methyl sites for hydroxylation is 2. The van der Waals surface area contributed by atoms with Crippen molar-refractivity contribution in [1.82, 2.24) is 0 Å². The minimum Gasteiger partial charge on any atom is -0.496 e. The molecular formula is C24H35NOS. The van der Waals surface area contributed by atoms with Crippen molar-refractivity contribution in [3.8, 4) is 5.75 Å². The fourth-order valence-electron chi connectivity index (χ4n) is 3.29. The third-order valence-electron chi connectivity index (χ3n) is 4.93. The summed E-state index contributed by atoms with van der Waals surface area (Å²) in [6.07, 6.45) is 2.45. The fraction of sp³-hybridized carbons (Fsp3) is 0.500. The van der Waals surface area contributed by atoms with Gasteiger partial charge in [0.2, 0.25) is 0 Å². The first-order valence-electron chi connectivity index (χ1n) is 9.86. The Balaban J connectivity index is 2.32. The number of benzene rings is 2. The molecule has 2 aromatic carbocycles. The average Bonchev–Trinajstić information content (AvgIpc) is 2.61. The lowest BCUT2D eigenvalue weighted by molar-refractivity contribution is 0.397. The Morgan fingerprint density at radius 3 is 2.19 bits per heavy atom. The van der Waals surface area contributed by atoms with Gasteiger partial charge >= 0.3 is 0 Å². The van der Waals surface area contributed by atoms with Gasteiger partial charge in [-0.05, 0) is 67.1 Å². The van der Waals surface area contributed by atoms with Gasteiger partial charge in [-0.3, -0.25) is 0 Å². The Labute approximate surface area is 170 Å². The molecule has 0 N–H and O–H groups in total. The van der Waals surface area contributed by atoms with E-state index < -0.39 is 0 Å². The molecule has 2 aromatic rings. The molecule has 0 heterocycles. The Hall–Kier alpha value is -1.61. The van der Waals surface area contributed by atoms with Crippen LogP contribution in [0.25, 0.3) is 0 Å². The highest BCUT2D eigenvalue weighted by Crippen LogP contribution is 2.39. The largest absolute Gasteiger partial charge is 0.496 e. The molecule has 0 atom stereocenters. The fourth-order valence-corrected chi connectivity index (χ4v) is 4.28. The predicted octanol–water partition coefficient (Wildman–Crippen LogP) is 7.00. The van der Waals surface area contributed by atoms with Crippen molar-refractivity contribution in [3.05, 3.63) is 47.0 Å². The van der Waals surface area contributed by atoms with E-state index in [0.29, 0.717) is 0 Å². The normalized spacial score (nSPS) is 11.6. The lowest BCUT2D eigenvalue weighted by Crippen LogP contribution is -2.18. The van der Waals surface area contributed by atoms with Gasteiger partial charge in [-0.25, -0.2) is 0 Å². The van der Waals surface area contributed by atoms with E-state index in [1.54, 1.807) is 7.11 Å². The van der Waals surface area contributed by atoms with E-state index in [-0.39, 0.29) is 5.41 Å². The maximum Gasteiger partial charge on any atom is 0.122 e. The maximum absolute atomic E-state index is 5.58. The highest BCUT2D eigenvalue weighted by Gasteiger charge is 2.20. The second-order valence-electron chi connectivity index (χ2n) is 8.40. The summed E-state index contributed by atoms with van der Waals surface area (Å²) in [4.78, 5) is 4.98. The zero-order valence-corrected chi connectivity index (χ0v) is 19.1. The van der Waals surface area contributed by atoms with Crippen molar-refractivity contribution in [2.75, 3.05) is 25.6 Å². The molecule has 0 aliphatic rings. The van der Waals surface area contributed by atoms with Gasteiger partial charge in [0.15, 0.2) is 0 Å². The second-order valence-corrected chi connectivity index (χ2v) is 9.48. The third kappa shape index (κ3) is 5.44. The molecule has 2 rings (SSSR count). The first kappa shape index (κ1) is 21.7. The molecule has 0 saturated heterocycles. The first-order valence-corrected chi connectivity index (χ1v) is 10.7. The molecule has 2 nitrogen and oxygen atoms in total. The van der Waals surface area contributed by atoms with Crippen LogP contribution in [0.4, 0.5) is 5.69 Å². The number of methoxy groups -OCH3 is 1. The molecule has 27 heavy (non-hydrogen) atoms. The highest BCUT2D eigenvalue weighted by atomic mass is 32.2. The van der Waals surface area contributed by atoms with Crippen LogP contribution in [-0.4, -0.2) is 20.7 Å². The summed E-state index contributed by atoms with van der Waals surface area (Å²) in [6.45, 7) is 14.5. The molecular weight excluding hydrogens is 350 g/mol. The topological polar surface area (TPSA) is 12.5 Å². The molecule has 148 valence electrons. The van der Waals surface area contributed by atoms with Gasteiger partial charge in [-0.2, -0.15) is 0 Å². The summed E-state index contributed by atoms with van der Waals surface area (Å²) >= 11 is 1.85. The van der Waals surface area contributed by atoms with Crippen LogP contribution in [0.1, 0.15) is 57.2 Å². The van der Waals surface area contributed by atoms with E-state index in [2.05, 4.69) is 83.8 Å². The van der Waals surface area contributed by atoms with E-state index in [0.717, 1.165) is 12.3 Å². The van der Waals surface area contributed by atoms with Crippen LogP contribution >= 0.6 is 11.8 Å². The Kier molecular flexibility index (Phi) is 7.27. The molecule has 0 aromatic heterocycles. The SMILES string of the molecule is CCCCN(C)c1cc(C)c(Sc2ccc(OC)c(C(C)(C)C)c2)c(C)c1. The van der Waals surface area contributed by atoms with Crippen molar-refractivity contribution < 1.29 is 4.74 Å². The summed E-state index contributed by atoms with van der Waals surface area (Å²) in [5.41, 5.74) is 5.30. The zero-order valence-electron chi connectivity index (χ0n) is 18.3. The van der Waals surface area contributed by atoms with Crippen LogP contribution in [0.2, 0.25) is 0 Å². The summed E-state index contributed by atoms with van der Waals surface area (Å²) in [7, 11) is 3.94. The molecule has 0 aliphatic heterocycles. The Morgan fingerprint density at radius 2 is 1.67 bits per heavy atom. The molecule has 0 spiro atoms. The predicted molar refractivity (Wildman–Crippen MR) is 120 cm³/mol. The molecule has 0 radical (unpaired) electrons. The standard InChI is InChI=1S/C24H35NOS/c1-9-10-13-25(7)19-14-17(2)23(18(3)15-19)27-20-11-12-22(26-8)21(16-20)24(4,5)6/h11-12,14-16H,9-10,13H2,1-8H3. The minimum atomic E-state index is 0.0534. The molecule has 0 bridgehead atoms. The lowest BCUT2D eigenvalue weighted by atomic mass is 9.86. The number of hydrogen-bond donors (Lipinski definition) is 0. The van der Waals surface area contributed by atoms with Gasteiger partial charge in [0.05, 0.1) is 7.11 Å². The number of anilines is 1. The summed E-state index contributed by atoms with van der Waals surface area (Å²) in [5.74, 6) is 0.966. The van der Waals surface area contributed by atoms with Crippen molar-refractivity contribution in [1.29, 1.82) is 0 Å². The molecule has 0 fully saturated rings. The van der Waals surface area contributed by atoms with Crippen molar-refractivity contribution in [3.63, 3.8) is 0 Å². The van der Waals surface area contributed by atoms with E-state index in [1.165, 1.54) is 45.0 Å². The van der Waals surface area contributed by atoms with Crippen LogP contribution in [0.3, 0.4) is 0 Å². The Morgan fingerprint density at radius 1 is 1.04 bits per heavy atom. The summed E-state index contributed by atoms with van der Waals surface area (Å²) < 4.78 is 5.58. The van der Waals surface area contributed by atoms with Gasteiger partial charge in [0.1, 0.15) is 5.75 Å². The van der Waals surface area contributed by atoms with Gasteiger partial charge in [0.25, 0.3) is 0 Å². The van der Waals surface area contributed by atoms with E-state index in [9.17, 15) is 0 Å². The number of ether oxygens (including phenoxy) is 1. The zero-order chi connectivity index (χ0) is 20.2. The molecule has 0 aliphatic carbocycles. The maximum atomic E-state index is 5.58. The highest BCUT2D eigenvalue weighted by molar-refractivity contribution is 7.99. The molecule has 0 amide bonds. The monoisotopic (exact) mass is 385 g/mol. The number of rotatable bonds is 7. The van der Waals surface area contributed by atoms with E-state index in [4.69, 9.17) is 4.74 Å². The average molecular weight is 386 g/mol. The lowest BCUT2D eigenvalue weighted by Gasteiger charge is -2.24. The third-order valence-corrected chi connectivity index (χ3v) is 6.27. The van der Waals surface area contributed by atoms with Crippen molar-refractivity contribution in [2.24, 2.45) is 0 Å². The van der Waals surface area contributed by atoms with Crippen molar-refractivity contribution >= 4 is 17.4 Å². The van der Waals surface area contributed by atoms with E-state index in [1.807, 2.05) is 11.8 Å². The van der Waals surface area contributed by atoms with Crippen LogP contribution in [0.5, 0.6) is 5.75 Å². The van der Waals surface area contributed by atoms with Crippen LogP contribution in [-0.2, 0) is 5.41 Å². The van der Waals surface area contributed by atoms with Crippen LogP contribution < -0.4 is 9.64 Å². The van der Waals surface area contributed by atoms with Gasteiger partial charge in [-0.1, -0.05) is 45.9 Å². The smallest absolute Gasteiger partial charge is 0.122 e. The number of unbranched alkanes of at least 4 members (excludes halogenated alkanes) is 1. The molecule has 0 unspecified atom stereocenters. The minimum absolute atomic E-state index is 0.0534. The van der Waals surface area contributed by atoms with Crippen LogP contribution in [0.15, 0.2) is 40.1 Å². The van der Waals surface area contributed by atoms with E-state index >= 15 is 0 Å².